The van der Waals surface area contributed by atoms with Gasteiger partial charge in [-0.25, -0.2) is 4.98 Å². The molecule has 4 aromatic rings. The van der Waals surface area contributed by atoms with Gasteiger partial charge in [-0.2, -0.15) is 0 Å². The molecule has 1 heterocycles. The fourth-order valence-electron chi connectivity index (χ4n) is 3.16. The minimum Gasteiger partial charge on any atom is -0.480 e. The van der Waals surface area contributed by atoms with Crippen LogP contribution >= 0.6 is 11.8 Å². The monoisotopic (exact) mass is 400 g/mol. The first-order chi connectivity index (χ1) is 14.1. The van der Waals surface area contributed by atoms with Gasteiger partial charge in [0.2, 0.25) is 0 Å². The topological polar surface area (TPSA) is 55.1 Å². The third kappa shape index (κ3) is 3.96. The van der Waals surface area contributed by atoms with Gasteiger partial charge in [-0.15, -0.1) is 0 Å². The lowest BCUT2D eigenvalue weighted by atomic mass is 10.0. The quantitative estimate of drug-likeness (QED) is 0.417. The number of nitrogens with zero attached hydrogens (tertiary/aromatic N) is 2. The van der Waals surface area contributed by atoms with Crippen LogP contribution in [0.3, 0.4) is 0 Å². The summed E-state index contributed by atoms with van der Waals surface area (Å²) in [6, 6.07) is 30.0. The first kappa shape index (κ1) is 19.0. The molecule has 0 fully saturated rings. The predicted molar refractivity (Wildman–Crippen MR) is 117 cm³/mol. The number of para-hydroxylation sites is 1. The van der Waals surface area contributed by atoms with Crippen molar-refractivity contribution in [2.45, 2.75) is 17.3 Å². The maximum atomic E-state index is 11.5. The van der Waals surface area contributed by atoms with Crippen LogP contribution in [0, 0.1) is 0 Å². The second-order valence-corrected chi connectivity index (χ2v) is 7.90. The van der Waals surface area contributed by atoms with E-state index in [4.69, 9.17) is 4.98 Å². The van der Waals surface area contributed by atoms with Gasteiger partial charge in [-0.05, 0) is 19.1 Å². The second-order valence-electron chi connectivity index (χ2n) is 6.59. The van der Waals surface area contributed by atoms with Gasteiger partial charge in [0.1, 0.15) is 5.25 Å². The van der Waals surface area contributed by atoms with E-state index in [9.17, 15) is 9.90 Å². The van der Waals surface area contributed by atoms with E-state index in [2.05, 4.69) is 16.7 Å². The number of aliphatic carboxylic acids is 1. The Balaban J connectivity index is 2.01. The summed E-state index contributed by atoms with van der Waals surface area (Å²) in [7, 11) is 0. The number of hydrogen-bond donors (Lipinski definition) is 1. The highest BCUT2D eigenvalue weighted by molar-refractivity contribution is 8.00. The zero-order valence-electron chi connectivity index (χ0n) is 15.9. The van der Waals surface area contributed by atoms with E-state index in [1.807, 2.05) is 78.9 Å². The highest BCUT2D eigenvalue weighted by Crippen LogP contribution is 2.39. The molecule has 0 bridgehead atoms. The van der Waals surface area contributed by atoms with Crippen molar-refractivity contribution in [1.29, 1.82) is 0 Å². The van der Waals surface area contributed by atoms with Crippen molar-refractivity contribution in [3.63, 3.8) is 0 Å². The summed E-state index contributed by atoms with van der Waals surface area (Å²) in [6.07, 6.45) is 0. The summed E-state index contributed by atoms with van der Waals surface area (Å²) in [5.74, 6) is -0.861. The molecule has 0 aliphatic rings. The number of imidazole rings is 1. The number of benzene rings is 3. The molecule has 0 unspecified atom stereocenters. The van der Waals surface area contributed by atoms with Gasteiger partial charge in [-0.1, -0.05) is 90.6 Å². The maximum Gasteiger partial charge on any atom is 0.316 e. The van der Waals surface area contributed by atoms with Gasteiger partial charge < -0.3 is 5.11 Å². The molecule has 4 nitrogen and oxygen atoms in total. The Kier molecular flexibility index (Phi) is 5.49. The van der Waals surface area contributed by atoms with Crippen molar-refractivity contribution < 1.29 is 9.90 Å². The van der Waals surface area contributed by atoms with E-state index < -0.39 is 11.2 Å². The van der Waals surface area contributed by atoms with E-state index in [-0.39, 0.29) is 0 Å². The normalized spacial score (nSPS) is 11.9. The van der Waals surface area contributed by atoms with Gasteiger partial charge >= 0.3 is 5.97 Å². The van der Waals surface area contributed by atoms with Crippen LogP contribution in [0.25, 0.3) is 28.2 Å². The summed E-state index contributed by atoms with van der Waals surface area (Å²) in [5, 5.41) is 9.49. The summed E-state index contributed by atoms with van der Waals surface area (Å²) in [4.78, 5) is 16.4. The van der Waals surface area contributed by atoms with E-state index in [0.29, 0.717) is 5.16 Å². The fourth-order valence-corrected chi connectivity index (χ4v) is 4.03. The lowest BCUT2D eigenvalue weighted by molar-refractivity contribution is -0.136. The zero-order chi connectivity index (χ0) is 20.2. The SMILES string of the molecule is C[C@@H](Sc1nc(-c2ccccc2)c(-c2ccccc2)n1-c1ccccc1)C(=O)O. The van der Waals surface area contributed by atoms with Gasteiger partial charge in [0.05, 0.1) is 11.4 Å². The first-order valence-electron chi connectivity index (χ1n) is 9.33. The van der Waals surface area contributed by atoms with Crippen LogP contribution in [-0.4, -0.2) is 25.9 Å². The van der Waals surface area contributed by atoms with E-state index in [1.54, 1.807) is 6.92 Å². The van der Waals surface area contributed by atoms with Crippen molar-refractivity contribution >= 4 is 17.7 Å². The summed E-state index contributed by atoms with van der Waals surface area (Å²) in [6.45, 7) is 1.68. The third-order valence-corrected chi connectivity index (χ3v) is 5.63. The standard InChI is InChI=1S/C24H20N2O2S/c1-17(23(27)28)29-24-25-21(18-11-5-2-6-12-18)22(19-13-7-3-8-14-19)26(24)20-15-9-4-10-16-20/h2-17H,1H3,(H,27,28)/t17-/m1/s1. The number of thioether (sulfide) groups is 1. The minimum atomic E-state index is -0.861. The Bertz CT molecular complexity index is 1110. The molecule has 0 saturated heterocycles. The average molecular weight is 401 g/mol. The van der Waals surface area contributed by atoms with Crippen LogP contribution in [0.4, 0.5) is 0 Å². The molecule has 0 radical (unpaired) electrons. The molecule has 3 aromatic carbocycles. The average Bonchev–Trinajstić information content (AvgIpc) is 3.14. The molecule has 0 spiro atoms. The third-order valence-electron chi connectivity index (χ3n) is 4.59. The molecule has 1 N–H and O–H groups in total. The molecular weight excluding hydrogens is 380 g/mol. The number of carbonyl (C=O) groups is 1. The largest absolute Gasteiger partial charge is 0.480 e. The molecule has 29 heavy (non-hydrogen) atoms. The number of rotatable bonds is 6. The van der Waals surface area contributed by atoms with Crippen LogP contribution in [-0.2, 0) is 4.79 Å². The van der Waals surface area contributed by atoms with Crippen LogP contribution < -0.4 is 0 Å². The van der Waals surface area contributed by atoms with Crippen molar-refractivity contribution in [2.75, 3.05) is 0 Å². The van der Waals surface area contributed by atoms with Crippen LogP contribution in [0.2, 0.25) is 0 Å². The number of hydrogen-bond acceptors (Lipinski definition) is 3. The van der Waals surface area contributed by atoms with Crippen LogP contribution in [0.15, 0.2) is 96.2 Å². The highest BCUT2D eigenvalue weighted by atomic mass is 32.2. The maximum absolute atomic E-state index is 11.5. The number of carboxylic acids is 1. The molecule has 0 saturated carbocycles. The molecule has 0 aliphatic heterocycles. The Morgan fingerprint density at radius 2 is 1.38 bits per heavy atom. The molecule has 1 aromatic heterocycles. The summed E-state index contributed by atoms with van der Waals surface area (Å²) in [5.41, 5.74) is 4.74. The van der Waals surface area contributed by atoms with E-state index in [1.165, 1.54) is 11.8 Å². The van der Waals surface area contributed by atoms with Crippen molar-refractivity contribution in [3.8, 4) is 28.2 Å². The van der Waals surface area contributed by atoms with Gasteiger partial charge in [0, 0.05) is 16.8 Å². The fraction of sp³-hybridized carbons (Fsp3) is 0.0833. The van der Waals surface area contributed by atoms with Crippen molar-refractivity contribution in [1.82, 2.24) is 9.55 Å². The lowest BCUT2D eigenvalue weighted by Crippen LogP contribution is -2.12. The molecule has 0 aliphatic carbocycles. The Morgan fingerprint density at radius 3 is 1.93 bits per heavy atom. The molecule has 0 amide bonds. The molecule has 5 heteroatoms. The van der Waals surface area contributed by atoms with Gasteiger partial charge in [-0.3, -0.25) is 9.36 Å². The molecule has 4 rings (SSSR count). The molecule has 144 valence electrons. The molecular formula is C24H20N2O2S. The lowest BCUT2D eigenvalue weighted by Gasteiger charge is -2.14. The van der Waals surface area contributed by atoms with E-state index in [0.717, 1.165) is 28.2 Å². The van der Waals surface area contributed by atoms with Gasteiger partial charge in [0.25, 0.3) is 0 Å². The first-order valence-corrected chi connectivity index (χ1v) is 10.2. The second kappa shape index (κ2) is 8.37. The minimum absolute atomic E-state index is 0.618. The Morgan fingerprint density at radius 1 is 0.862 bits per heavy atom. The van der Waals surface area contributed by atoms with Crippen LogP contribution in [0.5, 0.6) is 0 Å². The van der Waals surface area contributed by atoms with Crippen molar-refractivity contribution in [3.05, 3.63) is 91.0 Å². The van der Waals surface area contributed by atoms with Crippen molar-refractivity contribution in [2.24, 2.45) is 0 Å². The smallest absolute Gasteiger partial charge is 0.316 e. The number of carboxylic acid groups (broad SMARTS) is 1. The van der Waals surface area contributed by atoms with Gasteiger partial charge in [0.15, 0.2) is 5.16 Å². The Labute approximate surface area is 173 Å². The van der Waals surface area contributed by atoms with E-state index >= 15 is 0 Å². The predicted octanol–water partition coefficient (Wildman–Crippen LogP) is 5.77. The zero-order valence-corrected chi connectivity index (χ0v) is 16.7. The number of aromatic nitrogens is 2. The Hall–Kier alpha value is -3.31. The molecule has 1 atom stereocenters. The van der Waals surface area contributed by atoms with Crippen LogP contribution in [0.1, 0.15) is 6.92 Å². The summed E-state index contributed by atoms with van der Waals surface area (Å²) >= 11 is 1.25. The summed E-state index contributed by atoms with van der Waals surface area (Å²) < 4.78 is 2.06. The highest BCUT2D eigenvalue weighted by Gasteiger charge is 2.24.